The molecule has 0 bridgehead atoms. The lowest BCUT2D eigenvalue weighted by atomic mass is 9.65. The van der Waals surface area contributed by atoms with E-state index in [4.69, 9.17) is 5.11 Å². The monoisotopic (exact) mass is 292 g/mol. The standard InChI is InChI=1S/C12H21F5O2/c1-5-10(4,6-8(19)7-18)11(13,14)9(2,3)12(15,16)17/h8,18-19H,5-7H2,1-4H3. The zero-order valence-electron chi connectivity index (χ0n) is 11.5. The Hall–Kier alpha value is -0.430. The van der Waals surface area contributed by atoms with Crippen molar-refractivity contribution in [1.29, 1.82) is 0 Å². The van der Waals surface area contributed by atoms with Gasteiger partial charge in [-0.3, -0.25) is 0 Å². The number of halogens is 5. The molecule has 7 heteroatoms. The number of rotatable bonds is 6. The van der Waals surface area contributed by atoms with Gasteiger partial charge >= 0.3 is 6.18 Å². The zero-order valence-corrected chi connectivity index (χ0v) is 11.5. The van der Waals surface area contributed by atoms with Crippen LogP contribution in [0.15, 0.2) is 0 Å². The van der Waals surface area contributed by atoms with Crippen LogP contribution >= 0.6 is 0 Å². The number of alkyl halides is 5. The summed E-state index contributed by atoms with van der Waals surface area (Å²) in [6.07, 6.45) is -7.40. The van der Waals surface area contributed by atoms with Crippen LogP contribution in [0.2, 0.25) is 0 Å². The highest BCUT2D eigenvalue weighted by Gasteiger charge is 2.69. The van der Waals surface area contributed by atoms with Crippen molar-refractivity contribution < 1.29 is 32.2 Å². The molecule has 0 aromatic heterocycles. The number of aliphatic hydroxyl groups is 2. The van der Waals surface area contributed by atoms with E-state index in [0.29, 0.717) is 13.8 Å². The Morgan fingerprint density at radius 2 is 1.42 bits per heavy atom. The Morgan fingerprint density at radius 1 is 1.00 bits per heavy atom. The van der Waals surface area contributed by atoms with Crippen LogP contribution < -0.4 is 0 Å². The second-order valence-corrected chi connectivity index (χ2v) is 5.65. The lowest BCUT2D eigenvalue weighted by molar-refractivity contribution is -0.319. The second-order valence-electron chi connectivity index (χ2n) is 5.65. The van der Waals surface area contributed by atoms with E-state index in [1.807, 2.05) is 0 Å². The molecule has 0 radical (unpaired) electrons. The van der Waals surface area contributed by atoms with Gasteiger partial charge in [0.05, 0.1) is 12.7 Å². The largest absolute Gasteiger partial charge is 0.399 e. The van der Waals surface area contributed by atoms with Crippen molar-refractivity contribution >= 4 is 0 Å². The molecule has 19 heavy (non-hydrogen) atoms. The number of hydrogen-bond donors (Lipinski definition) is 2. The van der Waals surface area contributed by atoms with Crippen LogP contribution in [0.25, 0.3) is 0 Å². The predicted octanol–water partition coefficient (Wildman–Crippen LogP) is 3.37. The topological polar surface area (TPSA) is 40.5 Å². The smallest absolute Gasteiger partial charge is 0.394 e. The molecule has 0 saturated carbocycles. The summed E-state index contributed by atoms with van der Waals surface area (Å²) in [5, 5.41) is 18.0. The van der Waals surface area contributed by atoms with Gasteiger partial charge in [0.25, 0.3) is 5.92 Å². The molecule has 0 rings (SSSR count). The van der Waals surface area contributed by atoms with Gasteiger partial charge in [-0.15, -0.1) is 0 Å². The van der Waals surface area contributed by atoms with Gasteiger partial charge in [-0.25, -0.2) is 8.78 Å². The van der Waals surface area contributed by atoms with E-state index >= 15 is 0 Å². The molecule has 2 nitrogen and oxygen atoms in total. The highest BCUT2D eigenvalue weighted by molar-refractivity contribution is 5.02. The van der Waals surface area contributed by atoms with Gasteiger partial charge in [-0.2, -0.15) is 13.2 Å². The molecule has 2 unspecified atom stereocenters. The molecular weight excluding hydrogens is 271 g/mol. The summed E-state index contributed by atoms with van der Waals surface area (Å²) in [5.74, 6) is -4.08. The van der Waals surface area contributed by atoms with Crippen molar-refractivity contribution in [3.8, 4) is 0 Å². The summed E-state index contributed by atoms with van der Waals surface area (Å²) in [6, 6.07) is 0. The first-order chi connectivity index (χ1) is 8.27. The van der Waals surface area contributed by atoms with Gasteiger partial charge in [0.2, 0.25) is 0 Å². The molecule has 0 amide bonds. The first-order valence-electron chi connectivity index (χ1n) is 6.00. The quantitative estimate of drug-likeness (QED) is 0.737. The Kier molecular flexibility index (Phi) is 5.39. The normalized spacial score (nSPS) is 19.1. The Morgan fingerprint density at radius 3 is 1.68 bits per heavy atom. The summed E-state index contributed by atoms with van der Waals surface area (Å²) in [4.78, 5) is 0. The summed E-state index contributed by atoms with van der Waals surface area (Å²) in [6.45, 7) is 2.47. The lowest BCUT2D eigenvalue weighted by Crippen LogP contribution is -2.57. The Bertz CT molecular complexity index is 301. The van der Waals surface area contributed by atoms with Crippen LogP contribution in [-0.2, 0) is 0 Å². The van der Waals surface area contributed by atoms with Crippen LogP contribution in [0.3, 0.4) is 0 Å². The summed E-state index contributed by atoms with van der Waals surface area (Å²) >= 11 is 0. The van der Waals surface area contributed by atoms with Gasteiger partial charge in [0.1, 0.15) is 5.41 Å². The molecule has 116 valence electrons. The minimum atomic E-state index is -5.07. The lowest BCUT2D eigenvalue weighted by Gasteiger charge is -2.47. The minimum absolute atomic E-state index is 0.253. The second kappa shape index (κ2) is 5.52. The first kappa shape index (κ1) is 18.6. The van der Waals surface area contributed by atoms with Crippen LogP contribution in [0.5, 0.6) is 0 Å². The number of aliphatic hydroxyl groups excluding tert-OH is 2. The maximum absolute atomic E-state index is 14.3. The van der Waals surface area contributed by atoms with Crippen molar-refractivity contribution in [2.75, 3.05) is 6.61 Å². The molecule has 0 fully saturated rings. The third-order valence-corrected chi connectivity index (χ3v) is 3.93. The van der Waals surface area contributed by atoms with Gasteiger partial charge in [-0.05, 0) is 26.7 Å². The molecule has 0 saturated heterocycles. The maximum Gasteiger partial charge on any atom is 0.399 e. The van der Waals surface area contributed by atoms with Gasteiger partial charge in [0, 0.05) is 5.41 Å². The third kappa shape index (κ3) is 3.18. The predicted molar refractivity (Wildman–Crippen MR) is 60.9 cm³/mol. The van der Waals surface area contributed by atoms with Crippen LogP contribution in [0.4, 0.5) is 22.0 Å². The van der Waals surface area contributed by atoms with E-state index in [2.05, 4.69) is 0 Å². The van der Waals surface area contributed by atoms with Gasteiger partial charge in [-0.1, -0.05) is 13.8 Å². The molecule has 2 atom stereocenters. The van der Waals surface area contributed by atoms with Crippen molar-refractivity contribution in [3.05, 3.63) is 0 Å². The van der Waals surface area contributed by atoms with Crippen molar-refractivity contribution in [2.24, 2.45) is 10.8 Å². The SMILES string of the molecule is CCC(C)(CC(O)CO)C(F)(F)C(C)(C)C(F)(F)F. The first-order valence-corrected chi connectivity index (χ1v) is 6.00. The Labute approximate surface area is 109 Å². The summed E-state index contributed by atoms with van der Waals surface area (Å²) < 4.78 is 67.1. The average molecular weight is 292 g/mol. The van der Waals surface area contributed by atoms with Crippen LogP contribution in [0, 0.1) is 10.8 Å². The summed E-state index contributed by atoms with van der Waals surface area (Å²) in [5.41, 5.74) is -5.28. The molecule has 0 aromatic rings. The zero-order chi connectivity index (χ0) is 15.7. The molecule has 0 spiro atoms. The fourth-order valence-electron chi connectivity index (χ4n) is 2.01. The van der Waals surface area contributed by atoms with Crippen molar-refractivity contribution in [2.45, 2.75) is 58.7 Å². The van der Waals surface area contributed by atoms with Crippen molar-refractivity contribution in [3.63, 3.8) is 0 Å². The highest BCUT2D eigenvalue weighted by atomic mass is 19.4. The van der Waals surface area contributed by atoms with Crippen LogP contribution in [-0.4, -0.2) is 35.0 Å². The Balaban J connectivity index is 5.57. The molecular formula is C12H21F5O2. The van der Waals surface area contributed by atoms with E-state index in [0.717, 1.165) is 6.92 Å². The van der Waals surface area contributed by atoms with E-state index in [-0.39, 0.29) is 6.42 Å². The average Bonchev–Trinajstić information content (AvgIpc) is 2.26. The van der Waals surface area contributed by atoms with E-state index in [1.165, 1.54) is 6.92 Å². The number of hydrogen-bond acceptors (Lipinski definition) is 2. The van der Waals surface area contributed by atoms with E-state index in [1.54, 1.807) is 0 Å². The molecule has 0 heterocycles. The molecule has 0 aliphatic heterocycles. The highest BCUT2D eigenvalue weighted by Crippen LogP contribution is 2.58. The fourth-order valence-corrected chi connectivity index (χ4v) is 2.01. The molecule has 2 N–H and O–H groups in total. The van der Waals surface area contributed by atoms with Gasteiger partial charge < -0.3 is 10.2 Å². The van der Waals surface area contributed by atoms with E-state index < -0.39 is 42.1 Å². The molecule has 0 aliphatic carbocycles. The maximum atomic E-state index is 14.3. The summed E-state index contributed by atoms with van der Waals surface area (Å²) in [7, 11) is 0. The molecule has 0 aliphatic rings. The van der Waals surface area contributed by atoms with E-state index in [9.17, 15) is 27.1 Å². The molecule has 0 aromatic carbocycles. The van der Waals surface area contributed by atoms with Crippen LogP contribution in [0.1, 0.15) is 40.5 Å². The third-order valence-electron chi connectivity index (χ3n) is 3.93. The van der Waals surface area contributed by atoms with Crippen molar-refractivity contribution in [1.82, 2.24) is 0 Å². The minimum Gasteiger partial charge on any atom is -0.394 e. The fraction of sp³-hybridized carbons (Fsp3) is 1.00. The van der Waals surface area contributed by atoms with Gasteiger partial charge in [0.15, 0.2) is 0 Å².